The van der Waals surface area contributed by atoms with Crippen molar-refractivity contribution in [2.75, 3.05) is 5.32 Å². The Balaban J connectivity index is 1.41. The first kappa shape index (κ1) is 19.7. The van der Waals surface area contributed by atoms with Gasteiger partial charge in [-0.3, -0.25) is 4.79 Å². The zero-order valence-electron chi connectivity index (χ0n) is 17.0. The minimum atomic E-state index is -0.602. The molecule has 1 fully saturated rings. The summed E-state index contributed by atoms with van der Waals surface area (Å²) in [6.07, 6.45) is 3.45. The van der Waals surface area contributed by atoms with Crippen LogP contribution in [0, 0.1) is 5.82 Å². The molecule has 31 heavy (non-hydrogen) atoms. The maximum Gasteiger partial charge on any atom is 0.259 e. The van der Waals surface area contributed by atoms with E-state index in [4.69, 9.17) is 0 Å². The maximum absolute atomic E-state index is 14.7. The molecule has 1 aliphatic carbocycles. The summed E-state index contributed by atoms with van der Waals surface area (Å²) in [6.45, 7) is 3.92. The van der Waals surface area contributed by atoms with E-state index in [0.717, 1.165) is 22.5 Å². The van der Waals surface area contributed by atoms with Gasteiger partial charge in [0, 0.05) is 12.0 Å². The zero-order chi connectivity index (χ0) is 21.5. The van der Waals surface area contributed by atoms with Gasteiger partial charge < -0.3 is 5.32 Å². The summed E-state index contributed by atoms with van der Waals surface area (Å²) in [5.74, 6) is 0.0835. The van der Waals surface area contributed by atoms with Crippen LogP contribution in [-0.4, -0.2) is 36.1 Å². The summed E-state index contributed by atoms with van der Waals surface area (Å²) in [5, 5.41) is 15.4. The number of benzene rings is 1. The van der Waals surface area contributed by atoms with E-state index in [-0.39, 0.29) is 11.6 Å². The van der Waals surface area contributed by atoms with Crippen LogP contribution in [-0.2, 0) is 0 Å². The molecule has 0 saturated heterocycles. The van der Waals surface area contributed by atoms with Crippen molar-refractivity contribution in [2.24, 2.45) is 0 Å². The SMILES string of the molecule is CC(C)n1nnnc1-c1cccc(NC(=O)c2cc3sc(C4CCC4)nc3cc2F)n1. The largest absolute Gasteiger partial charge is 0.306 e. The molecule has 1 N–H and O–H groups in total. The number of tetrazole rings is 1. The lowest BCUT2D eigenvalue weighted by atomic mass is 9.86. The van der Waals surface area contributed by atoms with Gasteiger partial charge in [-0.2, -0.15) is 0 Å². The van der Waals surface area contributed by atoms with Crippen LogP contribution in [0.5, 0.6) is 0 Å². The monoisotopic (exact) mass is 437 g/mol. The Morgan fingerprint density at radius 2 is 2.10 bits per heavy atom. The Hall–Kier alpha value is -3.27. The number of carbonyl (C=O) groups excluding carboxylic acids is 1. The summed E-state index contributed by atoms with van der Waals surface area (Å²) < 4.78 is 17.1. The lowest BCUT2D eigenvalue weighted by molar-refractivity contribution is 0.102. The number of nitrogens with zero attached hydrogens (tertiary/aromatic N) is 6. The van der Waals surface area contributed by atoms with Crippen molar-refractivity contribution < 1.29 is 9.18 Å². The minimum Gasteiger partial charge on any atom is -0.306 e. The Labute approximate surface area is 181 Å². The second-order valence-corrected chi connectivity index (χ2v) is 8.94. The predicted octanol–water partition coefficient (Wildman–Crippen LogP) is 4.58. The van der Waals surface area contributed by atoms with E-state index in [1.807, 2.05) is 13.8 Å². The van der Waals surface area contributed by atoms with Gasteiger partial charge in [0.1, 0.15) is 17.3 Å². The van der Waals surface area contributed by atoms with Crippen molar-refractivity contribution in [3.63, 3.8) is 0 Å². The van der Waals surface area contributed by atoms with Gasteiger partial charge in [-0.15, -0.1) is 16.4 Å². The number of rotatable bonds is 5. The quantitative estimate of drug-likeness (QED) is 0.491. The number of nitrogens with one attached hydrogen (secondary N) is 1. The second kappa shape index (κ2) is 7.77. The molecule has 1 amide bonds. The number of thiazole rings is 1. The predicted molar refractivity (Wildman–Crippen MR) is 116 cm³/mol. The van der Waals surface area contributed by atoms with E-state index < -0.39 is 11.7 Å². The van der Waals surface area contributed by atoms with E-state index in [1.165, 1.54) is 23.8 Å². The Morgan fingerprint density at radius 1 is 1.26 bits per heavy atom. The van der Waals surface area contributed by atoms with Gasteiger partial charge in [0.05, 0.1) is 26.8 Å². The van der Waals surface area contributed by atoms with Gasteiger partial charge in [-0.05, 0) is 55.3 Å². The van der Waals surface area contributed by atoms with Crippen molar-refractivity contribution in [3.8, 4) is 11.5 Å². The summed E-state index contributed by atoms with van der Waals surface area (Å²) in [5.41, 5.74) is 1.08. The molecule has 10 heteroatoms. The molecular weight excluding hydrogens is 417 g/mol. The molecule has 0 radical (unpaired) electrons. The first-order chi connectivity index (χ1) is 15.0. The highest BCUT2D eigenvalue weighted by Gasteiger charge is 2.24. The number of carbonyl (C=O) groups is 1. The van der Waals surface area contributed by atoms with Crippen LogP contribution in [0.3, 0.4) is 0 Å². The molecule has 1 saturated carbocycles. The fourth-order valence-corrected chi connectivity index (χ4v) is 4.65. The molecule has 3 aromatic heterocycles. The first-order valence-electron chi connectivity index (χ1n) is 10.2. The lowest BCUT2D eigenvalue weighted by Crippen LogP contribution is -2.15. The molecule has 8 nitrogen and oxygen atoms in total. The fraction of sp³-hybridized carbons (Fsp3) is 0.333. The number of anilines is 1. The van der Waals surface area contributed by atoms with E-state index in [2.05, 4.69) is 30.8 Å². The minimum absolute atomic E-state index is 0.0319. The van der Waals surface area contributed by atoms with Gasteiger partial charge >= 0.3 is 0 Å². The second-order valence-electron chi connectivity index (χ2n) is 7.88. The molecule has 0 spiro atoms. The highest BCUT2D eigenvalue weighted by Crippen LogP contribution is 2.40. The molecular formula is C21H20FN7OS. The maximum atomic E-state index is 14.7. The lowest BCUT2D eigenvalue weighted by Gasteiger charge is -2.22. The van der Waals surface area contributed by atoms with Crippen LogP contribution in [0.4, 0.5) is 10.2 Å². The molecule has 158 valence electrons. The van der Waals surface area contributed by atoms with E-state index in [9.17, 15) is 9.18 Å². The van der Waals surface area contributed by atoms with Crippen LogP contribution in [0.25, 0.3) is 21.7 Å². The highest BCUT2D eigenvalue weighted by molar-refractivity contribution is 7.18. The van der Waals surface area contributed by atoms with Gasteiger partial charge in [0.15, 0.2) is 0 Å². The highest BCUT2D eigenvalue weighted by atomic mass is 32.1. The number of amides is 1. The molecule has 1 aromatic carbocycles. The summed E-state index contributed by atoms with van der Waals surface area (Å²) >= 11 is 1.53. The molecule has 0 atom stereocenters. The van der Waals surface area contributed by atoms with Crippen molar-refractivity contribution in [3.05, 3.63) is 46.7 Å². The van der Waals surface area contributed by atoms with Gasteiger partial charge in [0.2, 0.25) is 5.82 Å². The third kappa shape index (κ3) is 3.67. The number of hydrogen-bond acceptors (Lipinski definition) is 7. The fourth-order valence-electron chi connectivity index (χ4n) is 3.49. The topological polar surface area (TPSA) is 98.5 Å². The average molecular weight is 438 g/mol. The molecule has 3 heterocycles. The van der Waals surface area contributed by atoms with Gasteiger partial charge in [0.25, 0.3) is 5.91 Å². The standard InChI is InChI=1S/C21H20FN7OS/c1-11(2)29-19(26-27-28-29)15-7-4-8-18(23-15)25-20(30)13-9-17-16(10-14(13)22)24-21(31-17)12-5-3-6-12/h4,7-12H,3,5-6H2,1-2H3,(H,23,25,30). The van der Waals surface area contributed by atoms with Crippen molar-refractivity contribution >= 4 is 33.3 Å². The van der Waals surface area contributed by atoms with E-state index >= 15 is 0 Å². The average Bonchev–Trinajstić information content (AvgIpc) is 3.33. The van der Waals surface area contributed by atoms with Crippen molar-refractivity contribution in [1.82, 2.24) is 30.2 Å². The molecule has 0 bridgehead atoms. The molecule has 1 aliphatic rings. The van der Waals surface area contributed by atoms with E-state index in [0.29, 0.717) is 28.8 Å². The summed E-state index contributed by atoms with van der Waals surface area (Å²) in [6, 6.07) is 8.10. The number of aromatic nitrogens is 6. The number of halogens is 1. The van der Waals surface area contributed by atoms with Gasteiger partial charge in [-0.25, -0.2) is 19.0 Å². The Bertz CT molecular complexity index is 1280. The Morgan fingerprint density at radius 3 is 2.84 bits per heavy atom. The van der Waals surface area contributed by atoms with Gasteiger partial charge in [-0.1, -0.05) is 12.5 Å². The number of pyridine rings is 1. The normalized spacial score (nSPS) is 14.2. The number of fused-ring (bicyclic) bond motifs is 1. The van der Waals surface area contributed by atoms with Crippen molar-refractivity contribution in [1.29, 1.82) is 0 Å². The van der Waals surface area contributed by atoms with Crippen LogP contribution >= 0.6 is 11.3 Å². The third-order valence-corrected chi connectivity index (χ3v) is 6.58. The number of hydrogen-bond donors (Lipinski definition) is 1. The third-order valence-electron chi connectivity index (χ3n) is 5.39. The van der Waals surface area contributed by atoms with Crippen LogP contribution in [0.15, 0.2) is 30.3 Å². The Kier molecular flexibility index (Phi) is 4.93. The molecule has 0 aliphatic heterocycles. The first-order valence-corrected chi connectivity index (χ1v) is 11.0. The smallest absolute Gasteiger partial charge is 0.259 e. The molecule has 4 aromatic rings. The molecule has 0 unspecified atom stereocenters. The summed E-state index contributed by atoms with van der Waals surface area (Å²) in [7, 11) is 0. The van der Waals surface area contributed by atoms with E-state index in [1.54, 1.807) is 28.9 Å². The summed E-state index contributed by atoms with van der Waals surface area (Å²) in [4.78, 5) is 21.8. The van der Waals surface area contributed by atoms with Crippen LogP contribution < -0.4 is 5.32 Å². The van der Waals surface area contributed by atoms with Crippen molar-refractivity contribution in [2.45, 2.75) is 45.1 Å². The van der Waals surface area contributed by atoms with Crippen LogP contribution in [0.2, 0.25) is 0 Å². The van der Waals surface area contributed by atoms with Crippen LogP contribution in [0.1, 0.15) is 60.4 Å². The zero-order valence-corrected chi connectivity index (χ0v) is 17.9. The molecule has 5 rings (SSSR count).